The molecule has 4 aromatic rings. The number of halogens is 1. The zero-order chi connectivity index (χ0) is 21.4. The Kier molecular flexibility index (Phi) is 5.60. The minimum absolute atomic E-state index is 0.278. The summed E-state index contributed by atoms with van der Waals surface area (Å²) in [6.45, 7) is 3.78. The Balaban J connectivity index is 1.72. The number of aliphatic hydroxyl groups excluding tert-OH is 1. The van der Waals surface area contributed by atoms with Gasteiger partial charge in [-0.15, -0.1) is 11.3 Å². The highest BCUT2D eigenvalue weighted by atomic mass is 79.9. The van der Waals surface area contributed by atoms with Gasteiger partial charge in [-0.2, -0.15) is 0 Å². The van der Waals surface area contributed by atoms with Crippen LogP contribution in [-0.2, 0) is 0 Å². The topological polar surface area (TPSA) is 88.2 Å². The number of rotatable bonds is 4. The van der Waals surface area contributed by atoms with Gasteiger partial charge in [0.2, 0.25) is 0 Å². The lowest BCUT2D eigenvalue weighted by molar-refractivity contribution is 0.103. The minimum atomic E-state index is -0.816. The fourth-order valence-corrected chi connectivity index (χ4v) is 4.71. The number of nitrogens with two attached hydrogens (primary N) is 1. The third-order valence-corrected chi connectivity index (χ3v) is 7.06. The summed E-state index contributed by atoms with van der Waals surface area (Å²) >= 11 is 4.73. The molecule has 2 aromatic heterocycles. The van der Waals surface area contributed by atoms with Gasteiger partial charge in [-0.1, -0.05) is 52.3 Å². The van der Waals surface area contributed by atoms with Crippen molar-refractivity contribution in [2.24, 2.45) is 0 Å². The fourth-order valence-electron chi connectivity index (χ4n) is 3.33. The summed E-state index contributed by atoms with van der Waals surface area (Å²) < 4.78 is 0.918. The van der Waals surface area contributed by atoms with Crippen LogP contribution in [0.25, 0.3) is 10.2 Å². The summed E-state index contributed by atoms with van der Waals surface area (Å²) in [5, 5.41) is 14.4. The van der Waals surface area contributed by atoms with Crippen molar-refractivity contribution >= 4 is 54.8 Å². The summed E-state index contributed by atoms with van der Waals surface area (Å²) in [7, 11) is 0. The molecule has 0 aliphatic rings. The Labute approximate surface area is 186 Å². The Morgan fingerprint density at radius 1 is 1.17 bits per heavy atom. The predicted molar refractivity (Wildman–Crippen MR) is 126 cm³/mol. The second-order valence-electron chi connectivity index (χ2n) is 7.04. The van der Waals surface area contributed by atoms with Gasteiger partial charge in [0.15, 0.2) is 0 Å². The average Bonchev–Trinajstić information content (AvgIpc) is 3.06. The van der Waals surface area contributed by atoms with Crippen LogP contribution >= 0.6 is 27.3 Å². The number of hydrogen-bond donors (Lipinski definition) is 3. The van der Waals surface area contributed by atoms with Crippen LogP contribution in [0.3, 0.4) is 0 Å². The molecule has 0 spiro atoms. The third kappa shape index (κ3) is 3.71. The Bertz CT molecular complexity index is 1250. The summed E-state index contributed by atoms with van der Waals surface area (Å²) in [5.41, 5.74) is 10.5. The van der Waals surface area contributed by atoms with E-state index in [1.165, 1.54) is 11.3 Å². The molecule has 1 unspecified atom stereocenters. The van der Waals surface area contributed by atoms with Crippen LogP contribution in [0.15, 0.2) is 59.1 Å². The zero-order valence-electron chi connectivity index (χ0n) is 16.4. The van der Waals surface area contributed by atoms with Gasteiger partial charge in [-0.25, -0.2) is 4.98 Å². The standard InChI is InChI=1S/C23H20BrN3O2S/c1-12-17(24)9-6-10-18(12)27-22(29)21-19(25)16-11-15(13(2)26-23(16)30-21)20(28)14-7-4-3-5-8-14/h3-11,20,28H,25H2,1-2H3,(H,27,29). The monoisotopic (exact) mass is 481 g/mol. The lowest BCUT2D eigenvalue weighted by Crippen LogP contribution is -2.13. The SMILES string of the molecule is Cc1nc2sc(C(=O)Nc3cccc(Br)c3C)c(N)c2cc1C(O)c1ccccc1. The van der Waals surface area contributed by atoms with E-state index in [9.17, 15) is 9.90 Å². The van der Waals surface area contributed by atoms with Crippen molar-refractivity contribution in [3.8, 4) is 0 Å². The molecule has 0 bridgehead atoms. The number of fused-ring (bicyclic) bond motifs is 1. The first-order chi connectivity index (χ1) is 14.4. The van der Waals surface area contributed by atoms with E-state index in [0.29, 0.717) is 32.0 Å². The molecule has 0 aliphatic carbocycles. The van der Waals surface area contributed by atoms with Gasteiger partial charge in [0.25, 0.3) is 5.91 Å². The lowest BCUT2D eigenvalue weighted by atomic mass is 9.99. The zero-order valence-corrected chi connectivity index (χ0v) is 18.8. The molecular weight excluding hydrogens is 462 g/mol. The molecule has 4 N–H and O–H groups in total. The number of aromatic nitrogens is 1. The molecule has 0 aliphatic heterocycles. The lowest BCUT2D eigenvalue weighted by Gasteiger charge is -2.14. The predicted octanol–water partition coefficient (Wildman–Crippen LogP) is 5.59. The molecule has 2 heterocycles. The number of pyridine rings is 1. The maximum Gasteiger partial charge on any atom is 0.267 e. The van der Waals surface area contributed by atoms with E-state index in [1.807, 2.05) is 68.4 Å². The molecule has 0 radical (unpaired) electrons. The van der Waals surface area contributed by atoms with E-state index in [1.54, 1.807) is 0 Å². The summed E-state index contributed by atoms with van der Waals surface area (Å²) in [4.78, 5) is 18.6. The van der Waals surface area contributed by atoms with Crippen LogP contribution in [0, 0.1) is 13.8 Å². The maximum atomic E-state index is 12.9. The van der Waals surface area contributed by atoms with Crippen molar-refractivity contribution in [2.75, 3.05) is 11.1 Å². The molecule has 0 saturated heterocycles. The number of benzene rings is 2. The van der Waals surface area contributed by atoms with Crippen molar-refractivity contribution in [1.29, 1.82) is 0 Å². The Morgan fingerprint density at radius 2 is 1.90 bits per heavy atom. The highest BCUT2D eigenvalue weighted by molar-refractivity contribution is 9.10. The van der Waals surface area contributed by atoms with Crippen LogP contribution < -0.4 is 11.1 Å². The Morgan fingerprint density at radius 3 is 2.63 bits per heavy atom. The van der Waals surface area contributed by atoms with E-state index in [2.05, 4.69) is 26.2 Å². The summed E-state index contributed by atoms with van der Waals surface area (Å²) in [5.74, 6) is -0.278. The first-order valence-electron chi connectivity index (χ1n) is 9.35. The van der Waals surface area contributed by atoms with E-state index < -0.39 is 6.10 Å². The molecule has 4 rings (SSSR count). The van der Waals surface area contributed by atoms with Gasteiger partial charge in [0, 0.05) is 26.8 Å². The van der Waals surface area contributed by atoms with Gasteiger partial charge in [0.05, 0.1) is 5.69 Å². The van der Waals surface area contributed by atoms with Gasteiger partial charge in [0.1, 0.15) is 15.8 Å². The number of thiophene rings is 1. The maximum absolute atomic E-state index is 12.9. The molecule has 5 nitrogen and oxygen atoms in total. The highest BCUT2D eigenvalue weighted by Crippen LogP contribution is 2.37. The van der Waals surface area contributed by atoms with Crippen molar-refractivity contribution in [3.05, 3.63) is 86.3 Å². The molecule has 7 heteroatoms. The van der Waals surface area contributed by atoms with E-state index in [0.717, 1.165) is 21.3 Å². The fraction of sp³-hybridized carbons (Fsp3) is 0.130. The van der Waals surface area contributed by atoms with Crippen LogP contribution in [0.5, 0.6) is 0 Å². The summed E-state index contributed by atoms with van der Waals surface area (Å²) in [6, 6.07) is 16.9. The van der Waals surface area contributed by atoms with Crippen molar-refractivity contribution < 1.29 is 9.90 Å². The van der Waals surface area contributed by atoms with Crippen LogP contribution in [-0.4, -0.2) is 16.0 Å². The van der Waals surface area contributed by atoms with Crippen LogP contribution in [0.1, 0.15) is 38.2 Å². The van der Waals surface area contributed by atoms with E-state index in [-0.39, 0.29) is 5.91 Å². The first-order valence-corrected chi connectivity index (χ1v) is 11.0. The molecule has 0 saturated carbocycles. The number of carbonyl (C=O) groups excluding carboxylic acids is 1. The highest BCUT2D eigenvalue weighted by Gasteiger charge is 2.21. The molecule has 1 atom stereocenters. The largest absolute Gasteiger partial charge is 0.397 e. The number of aryl methyl sites for hydroxylation is 1. The normalized spacial score (nSPS) is 12.1. The van der Waals surface area contributed by atoms with E-state index in [4.69, 9.17) is 5.73 Å². The number of nitrogens with one attached hydrogen (secondary N) is 1. The van der Waals surface area contributed by atoms with Gasteiger partial charge in [-0.05, 0) is 43.2 Å². The molecule has 30 heavy (non-hydrogen) atoms. The van der Waals surface area contributed by atoms with Gasteiger partial charge >= 0.3 is 0 Å². The average molecular weight is 482 g/mol. The first kappa shape index (κ1) is 20.5. The number of amides is 1. The van der Waals surface area contributed by atoms with Crippen LogP contribution in [0.4, 0.5) is 11.4 Å². The number of aliphatic hydroxyl groups is 1. The molecule has 1 amide bonds. The van der Waals surface area contributed by atoms with Crippen molar-refractivity contribution in [1.82, 2.24) is 4.98 Å². The second-order valence-corrected chi connectivity index (χ2v) is 8.89. The van der Waals surface area contributed by atoms with Crippen molar-refractivity contribution in [3.63, 3.8) is 0 Å². The number of hydrogen-bond acceptors (Lipinski definition) is 5. The quantitative estimate of drug-likeness (QED) is 0.354. The third-order valence-electron chi connectivity index (χ3n) is 5.08. The van der Waals surface area contributed by atoms with Crippen molar-refractivity contribution in [2.45, 2.75) is 20.0 Å². The second kappa shape index (κ2) is 8.18. The smallest absolute Gasteiger partial charge is 0.267 e. The van der Waals surface area contributed by atoms with Gasteiger partial charge < -0.3 is 16.2 Å². The molecule has 152 valence electrons. The number of nitrogens with zero attached hydrogens (tertiary/aromatic N) is 1. The molecular formula is C23H20BrN3O2S. The number of nitrogen functional groups attached to an aromatic ring is 1. The Hall–Kier alpha value is -2.74. The molecule has 2 aromatic carbocycles. The minimum Gasteiger partial charge on any atom is -0.397 e. The number of carbonyl (C=O) groups is 1. The van der Waals surface area contributed by atoms with Crippen LogP contribution in [0.2, 0.25) is 0 Å². The number of anilines is 2. The van der Waals surface area contributed by atoms with E-state index >= 15 is 0 Å². The molecule has 0 fully saturated rings. The van der Waals surface area contributed by atoms with Gasteiger partial charge in [-0.3, -0.25) is 4.79 Å². The summed E-state index contributed by atoms with van der Waals surface area (Å²) in [6.07, 6.45) is -0.816.